The Bertz CT molecular complexity index is 1080. The van der Waals surface area contributed by atoms with Crippen molar-refractivity contribution in [1.82, 2.24) is 9.78 Å². The molecule has 0 spiro atoms. The van der Waals surface area contributed by atoms with Gasteiger partial charge in [-0.05, 0) is 74.7 Å². The fraction of sp³-hybridized carbons (Fsp3) is 0.200. The number of nitrogens with one attached hydrogen (secondary N) is 1. The van der Waals surface area contributed by atoms with Gasteiger partial charge < -0.3 is 0 Å². The van der Waals surface area contributed by atoms with Gasteiger partial charge in [0.15, 0.2) is 0 Å². The molecule has 0 aliphatic heterocycles. The fourth-order valence-electron chi connectivity index (χ4n) is 2.71. The van der Waals surface area contributed by atoms with E-state index in [2.05, 4.69) is 42.0 Å². The largest absolute Gasteiger partial charge is 0.295 e. The SMILES string of the molecule is Cc1cc(-n2[nH]c(C)c(C=Nc3ccc(Br)c(C)c3C)c2=O)ccc1Br. The predicted molar refractivity (Wildman–Crippen MR) is 114 cm³/mol. The van der Waals surface area contributed by atoms with Gasteiger partial charge in [0.2, 0.25) is 0 Å². The first-order valence-corrected chi connectivity index (χ1v) is 9.76. The summed E-state index contributed by atoms with van der Waals surface area (Å²) in [4.78, 5) is 17.4. The number of aromatic amines is 1. The van der Waals surface area contributed by atoms with Gasteiger partial charge in [-0.1, -0.05) is 31.9 Å². The molecule has 0 fully saturated rings. The van der Waals surface area contributed by atoms with E-state index in [0.29, 0.717) is 5.56 Å². The Morgan fingerprint density at radius 3 is 2.38 bits per heavy atom. The van der Waals surface area contributed by atoms with Gasteiger partial charge in [-0.3, -0.25) is 14.9 Å². The van der Waals surface area contributed by atoms with Crippen molar-refractivity contribution in [2.45, 2.75) is 27.7 Å². The summed E-state index contributed by atoms with van der Waals surface area (Å²) in [5.74, 6) is 0. The lowest BCUT2D eigenvalue weighted by molar-refractivity contribution is 0.834. The molecule has 3 rings (SSSR count). The molecule has 6 heteroatoms. The highest BCUT2D eigenvalue weighted by Crippen LogP contribution is 2.27. The minimum Gasteiger partial charge on any atom is -0.295 e. The van der Waals surface area contributed by atoms with Crippen LogP contribution in [0, 0.1) is 27.7 Å². The van der Waals surface area contributed by atoms with Crippen molar-refractivity contribution >= 4 is 43.8 Å². The molecule has 0 saturated heterocycles. The van der Waals surface area contributed by atoms with E-state index in [0.717, 1.165) is 42.7 Å². The van der Waals surface area contributed by atoms with Crippen molar-refractivity contribution in [3.8, 4) is 5.69 Å². The predicted octanol–water partition coefficient (Wildman–Crippen LogP) is 5.67. The van der Waals surface area contributed by atoms with Crippen LogP contribution in [0.5, 0.6) is 0 Å². The fourth-order valence-corrected chi connectivity index (χ4v) is 3.38. The van der Waals surface area contributed by atoms with Crippen LogP contribution in [0.15, 0.2) is 49.1 Å². The Labute approximate surface area is 169 Å². The number of benzene rings is 2. The second kappa shape index (κ2) is 7.37. The number of hydrogen-bond acceptors (Lipinski definition) is 2. The Morgan fingerprint density at radius 1 is 1.00 bits per heavy atom. The van der Waals surface area contributed by atoms with Crippen LogP contribution in [0.4, 0.5) is 5.69 Å². The molecule has 2 aromatic carbocycles. The summed E-state index contributed by atoms with van der Waals surface area (Å²) in [6, 6.07) is 9.72. The Kier molecular flexibility index (Phi) is 5.34. The van der Waals surface area contributed by atoms with Gasteiger partial charge in [-0.2, -0.15) is 0 Å². The highest BCUT2D eigenvalue weighted by molar-refractivity contribution is 9.10. The van der Waals surface area contributed by atoms with Gasteiger partial charge in [0.05, 0.1) is 16.9 Å². The third kappa shape index (κ3) is 3.48. The third-order valence-electron chi connectivity index (χ3n) is 4.54. The number of aromatic nitrogens is 2. The molecular weight excluding hydrogens is 458 g/mol. The van der Waals surface area contributed by atoms with Crippen molar-refractivity contribution in [2.75, 3.05) is 0 Å². The first-order chi connectivity index (χ1) is 12.3. The summed E-state index contributed by atoms with van der Waals surface area (Å²) >= 11 is 7.01. The Morgan fingerprint density at radius 2 is 1.69 bits per heavy atom. The summed E-state index contributed by atoms with van der Waals surface area (Å²) in [5, 5.41) is 3.14. The topological polar surface area (TPSA) is 50.1 Å². The van der Waals surface area contributed by atoms with E-state index in [4.69, 9.17) is 0 Å². The molecule has 1 heterocycles. The van der Waals surface area contributed by atoms with E-state index in [1.165, 1.54) is 0 Å². The number of H-pyrrole nitrogens is 1. The zero-order chi connectivity index (χ0) is 19.0. The van der Waals surface area contributed by atoms with Crippen LogP contribution in [-0.2, 0) is 0 Å². The molecule has 26 heavy (non-hydrogen) atoms. The summed E-state index contributed by atoms with van der Waals surface area (Å²) in [6.45, 7) is 7.95. The second-order valence-electron chi connectivity index (χ2n) is 6.30. The maximum Gasteiger partial charge on any atom is 0.280 e. The zero-order valence-electron chi connectivity index (χ0n) is 15.0. The van der Waals surface area contributed by atoms with Crippen molar-refractivity contribution in [2.24, 2.45) is 4.99 Å². The Hall–Kier alpha value is -1.92. The molecule has 0 aliphatic rings. The van der Waals surface area contributed by atoms with Gasteiger partial charge in [0, 0.05) is 20.9 Å². The lowest BCUT2D eigenvalue weighted by Gasteiger charge is -2.05. The zero-order valence-corrected chi connectivity index (χ0v) is 18.2. The number of halogens is 2. The van der Waals surface area contributed by atoms with E-state index < -0.39 is 0 Å². The Balaban J connectivity index is 2.02. The van der Waals surface area contributed by atoms with Gasteiger partial charge in [-0.15, -0.1) is 0 Å². The highest BCUT2D eigenvalue weighted by Gasteiger charge is 2.12. The van der Waals surface area contributed by atoms with Crippen molar-refractivity contribution in [3.05, 3.63) is 77.6 Å². The van der Waals surface area contributed by atoms with Crippen LogP contribution in [0.3, 0.4) is 0 Å². The standard InChI is InChI=1S/C20H19Br2N3O/c1-11-9-15(5-6-17(11)21)25-20(26)16(14(4)24-25)10-23-19-8-7-18(22)12(2)13(19)3/h5-10,24H,1-4H3. The van der Waals surface area contributed by atoms with Crippen molar-refractivity contribution < 1.29 is 0 Å². The normalized spacial score (nSPS) is 11.5. The number of nitrogens with zero attached hydrogens (tertiary/aromatic N) is 2. The summed E-state index contributed by atoms with van der Waals surface area (Å²) in [6.07, 6.45) is 1.64. The van der Waals surface area contributed by atoms with Crippen LogP contribution < -0.4 is 5.56 Å². The summed E-state index contributed by atoms with van der Waals surface area (Å²) in [7, 11) is 0. The summed E-state index contributed by atoms with van der Waals surface area (Å²) in [5.41, 5.74) is 6.19. The maximum absolute atomic E-state index is 12.8. The first-order valence-electron chi connectivity index (χ1n) is 8.17. The molecule has 0 bridgehead atoms. The highest BCUT2D eigenvalue weighted by atomic mass is 79.9. The first kappa shape index (κ1) is 18.9. The molecule has 3 aromatic rings. The molecule has 0 radical (unpaired) electrons. The van der Waals surface area contributed by atoms with Gasteiger partial charge >= 0.3 is 0 Å². The summed E-state index contributed by atoms with van der Waals surface area (Å²) < 4.78 is 3.62. The molecule has 0 unspecified atom stereocenters. The van der Waals surface area contributed by atoms with Crippen molar-refractivity contribution in [3.63, 3.8) is 0 Å². The number of aryl methyl sites for hydroxylation is 2. The average molecular weight is 477 g/mol. The molecular formula is C20H19Br2N3O. The second-order valence-corrected chi connectivity index (χ2v) is 8.01. The van der Waals surface area contributed by atoms with E-state index in [1.54, 1.807) is 10.9 Å². The van der Waals surface area contributed by atoms with Crippen LogP contribution in [0.2, 0.25) is 0 Å². The average Bonchev–Trinajstić information content (AvgIpc) is 2.89. The lowest BCUT2D eigenvalue weighted by atomic mass is 10.1. The maximum atomic E-state index is 12.8. The molecule has 0 atom stereocenters. The molecule has 134 valence electrons. The molecule has 4 nitrogen and oxygen atoms in total. The molecule has 1 aromatic heterocycles. The quantitative estimate of drug-likeness (QED) is 0.486. The van der Waals surface area contributed by atoms with E-state index in [-0.39, 0.29) is 5.56 Å². The number of rotatable bonds is 3. The minimum atomic E-state index is -0.112. The third-order valence-corrected chi connectivity index (χ3v) is 6.29. The van der Waals surface area contributed by atoms with Gasteiger partial charge in [0.1, 0.15) is 0 Å². The van der Waals surface area contributed by atoms with Crippen LogP contribution in [0.25, 0.3) is 5.69 Å². The lowest BCUT2D eigenvalue weighted by Crippen LogP contribution is -2.17. The van der Waals surface area contributed by atoms with E-state index in [1.807, 2.05) is 58.0 Å². The van der Waals surface area contributed by atoms with E-state index in [9.17, 15) is 4.79 Å². The smallest absolute Gasteiger partial charge is 0.280 e. The van der Waals surface area contributed by atoms with E-state index >= 15 is 0 Å². The molecule has 1 N–H and O–H groups in total. The number of aliphatic imine (C=N–C) groups is 1. The van der Waals surface area contributed by atoms with Gasteiger partial charge in [-0.25, -0.2) is 4.68 Å². The molecule has 0 aliphatic carbocycles. The van der Waals surface area contributed by atoms with Crippen LogP contribution in [-0.4, -0.2) is 16.0 Å². The minimum absolute atomic E-state index is 0.112. The van der Waals surface area contributed by atoms with Crippen molar-refractivity contribution in [1.29, 1.82) is 0 Å². The van der Waals surface area contributed by atoms with Crippen LogP contribution in [0.1, 0.15) is 27.9 Å². The molecule has 0 saturated carbocycles. The molecule has 0 amide bonds. The number of hydrogen-bond donors (Lipinski definition) is 1. The van der Waals surface area contributed by atoms with Crippen LogP contribution >= 0.6 is 31.9 Å². The van der Waals surface area contributed by atoms with Gasteiger partial charge in [0.25, 0.3) is 5.56 Å². The monoisotopic (exact) mass is 475 g/mol.